The van der Waals surface area contributed by atoms with E-state index in [4.69, 9.17) is 0 Å². The molecular formula is C15H33NO. The molecule has 104 valence electrons. The van der Waals surface area contributed by atoms with Crippen LogP contribution in [0.1, 0.15) is 72.6 Å². The van der Waals surface area contributed by atoms with Crippen molar-refractivity contribution >= 4 is 0 Å². The van der Waals surface area contributed by atoms with Gasteiger partial charge in [0.25, 0.3) is 0 Å². The van der Waals surface area contributed by atoms with Crippen LogP contribution in [0.15, 0.2) is 0 Å². The standard InChI is InChI=1S/C15H33NO/c1-5-15(17,6-2)13-16-12-10-8-7-9-11-14(3)4/h14,16-17H,5-13H2,1-4H3. The van der Waals surface area contributed by atoms with E-state index in [-0.39, 0.29) is 0 Å². The third kappa shape index (κ3) is 9.61. The van der Waals surface area contributed by atoms with Crippen LogP contribution in [0.2, 0.25) is 0 Å². The third-order valence-corrected chi connectivity index (χ3v) is 3.66. The normalized spacial score (nSPS) is 12.4. The van der Waals surface area contributed by atoms with Gasteiger partial charge in [-0.25, -0.2) is 0 Å². The van der Waals surface area contributed by atoms with Gasteiger partial charge in [0.1, 0.15) is 0 Å². The Bertz CT molecular complexity index is 164. The van der Waals surface area contributed by atoms with E-state index in [0.717, 1.165) is 31.8 Å². The van der Waals surface area contributed by atoms with Crippen LogP contribution in [0.4, 0.5) is 0 Å². The van der Waals surface area contributed by atoms with Crippen LogP contribution in [0.5, 0.6) is 0 Å². The summed E-state index contributed by atoms with van der Waals surface area (Å²) in [6.07, 6.45) is 8.31. The summed E-state index contributed by atoms with van der Waals surface area (Å²) in [4.78, 5) is 0. The summed E-state index contributed by atoms with van der Waals surface area (Å²) in [5.41, 5.74) is -0.488. The van der Waals surface area contributed by atoms with E-state index in [2.05, 4.69) is 33.0 Å². The summed E-state index contributed by atoms with van der Waals surface area (Å²) in [7, 11) is 0. The molecule has 0 radical (unpaired) electrons. The molecule has 2 heteroatoms. The molecule has 0 rings (SSSR count). The van der Waals surface area contributed by atoms with E-state index >= 15 is 0 Å². The highest BCUT2D eigenvalue weighted by Gasteiger charge is 2.20. The molecule has 0 saturated carbocycles. The highest BCUT2D eigenvalue weighted by atomic mass is 16.3. The van der Waals surface area contributed by atoms with Gasteiger partial charge < -0.3 is 10.4 Å². The Balaban J connectivity index is 3.29. The van der Waals surface area contributed by atoms with Crippen LogP contribution < -0.4 is 5.32 Å². The van der Waals surface area contributed by atoms with Crippen molar-refractivity contribution in [3.63, 3.8) is 0 Å². The van der Waals surface area contributed by atoms with Gasteiger partial charge in [0.15, 0.2) is 0 Å². The van der Waals surface area contributed by atoms with Crippen molar-refractivity contribution in [2.24, 2.45) is 5.92 Å². The second-order valence-corrected chi connectivity index (χ2v) is 5.70. The van der Waals surface area contributed by atoms with Crippen LogP contribution in [-0.2, 0) is 0 Å². The number of unbranched alkanes of at least 4 members (excludes halogenated alkanes) is 3. The van der Waals surface area contributed by atoms with E-state index in [0.29, 0.717) is 0 Å². The van der Waals surface area contributed by atoms with Gasteiger partial charge >= 0.3 is 0 Å². The largest absolute Gasteiger partial charge is 0.389 e. The Labute approximate surface area is 108 Å². The quantitative estimate of drug-likeness (QED) is 0.542. The van der Waals surface area contributed by atoms with Crippen LogP contribution in [0.25, 0.3) is 0 Å². The third-order valence-electron chi connectivity index (χ3n) is 3.66. The number of hydrogen-bond acceptors (Lipinski definition) is 2. The van der Waals surface area contributed by atoms with E-state index in [1.807, 2.05) is 0 Å². The Morgan fingerprint density at radius 2 is 1.59 bits per heavy atom. The summed E-state index contributed by atoms with van der Waals surface area (Å²) >= 11 is 0. The average Bonchev–Trinajstić information content (AvgIpc) is 2.32. The molecule has 0 spiro atoms. The molecule has 0 aliphatic heterocycles. The van der Waals surface area contributed by atoms with Crippen molar-refractivity contribution in [2.75, 3.05) is 13.1 Å². The highest BCUT2D eigenvalue weighted by molar-refractivity contribution is 4.77. The molecule has 0 saturated heterocycles. The van der Waals surface area contributed by atoms with Gasteiger partial charge in [-0.3, -0.25) is 0 Å². The number of hydrogen-bond donors (Lipinski definition) is 2. The maximum Gasteiger partial charge on any atom is 0.0766 e. The van der Waals surface area contributed by atoms with Gasteiger partial charge in [0.05, 0.1) is 5.60 Å². The smallest absolute Gasteiger partial charge is 0.0766 e. The minimum atomic E-state index is -0.488. The van der Waals surface area contributed by atoms with Crippen molar-refractivity contribution in [1.29, 1.82) is 0 Å². The fraction of sp³-hybridized carbons (Fsp3) is 1.00. The summed E-state index contributed by atoms with van der Waals surface area (Å²) in [6, 6.07) is 0. The minimum absolute atomic E-state index is 0.488. The number of nitrogens with one attached hydrogen (secondary N) is 1. The van der Waals surface area contributed by atoms with Crippen molar-refractivity contribution in [2.45, 2.75) is 78.2 Å². The van der Waals surface area contributed by atoms with Crippen molar-refractivity contribution in [1.82, 2.24) is 5.32 Å². The van der Waals surface area contributed by atoms with Crippen LogP contribution in [0.3, 0.4) is 0 Å². The van der Waals surface area contributed by atoms with E-state index in [9.17, 15) is 5.11 Å². The lowest BCUT2D eigenvalue weighted by molar-refractivity contribution is 0.0327. The molecule has 17 heavy (non-hydrogen) atoms. The van der Waals surface area contributed by atoms with Crippen LogP contribution >= 0.6 is 0 Å². The Hall–Kier alpha value is -0.0800. The number of aliphatic hydroxyl groups is 1. The lowest BCUT2D eigenvalue weighted by Crippen LogP contribution is -2.39. The zero-order valence-electron chi connectivity index (χ0n) is 12.4. The molecule has 2 nitrogen and oxygen atoms in total. The fourth-order valence-corrected chi connectivity index (χ4v) is 1.98. The average molecular weight is 243 g/mol. The zero-order chi connectivity index (χ0) is 13.1. The lowest BCUT2D eigenvalue weighted by atomic mass is 9.97. The zero-order valence-corrected chi connectivity index (χ0v) is 12.4. The molecule has 0 amide bonds. The van der Waals surface area contributed by atoms with Crippen molar-refractivity contribution in [3.8, 4) is 0 Å². The molecule has 0 atom stereocenters. The molecule has 0 aromatic heterocycles. The van der Waals surface area contributed by atoms with Gasteiger partial charge in [-0.2, -0.15) is 0 Å². The molecule has 0 unspecified atom stereocenters. The fourth-order valence-electron chi connectivity index (χ4n) is 1.98. The Morgan fingerprint density at radius 1 is 1.00 bits per heavy atom. The molecule has 0 fully saturated rings. The monoisotopic (exact) mass is 243 g/mol. The van der Waals surface area contributed by atoms with Crippen molar-refractivity contribution in [3.05, 3.63) is 0 Å². The lowest BCUT2D eigenvalue weighted by Gasteiger charge is -2.25. The summed E-state index contributed by atoms with van der Waals surface area (Å²) in [5, 5.41) is 13.4. The van der Waals surface area contributed by atoms with Crippen LogP contribution in [0, 0.1) is 5.92 Å². The van der Waals surface area contributed by atoms with Crippen LogP contribution in [-0.4, -0.2) is 23.8 Å². The first kappa shape index (κ1) is 16.9. The summed E-state index contributed by atoms with van der Waals surface area (Å²) < 4.78 is 0. The van der Waals surface area contributed by atoms with E-state index < -0.39 is 5.60 Å². The maximum atomic E-state index is 10.1. The predicted octanol–water partition coefficient (Wildman–Crippen LogP) is 3.73. The first-order valence-corrected chi connectivity index (χ1v) is 7.47. The van der Waals surface area contributed by atoms with E-state index in [1.54, 1.807) is 0 Å². The van der Waals surface area contributed by atoms with Gasteiger partial charge in [0.2, 0.25) is 0 Å². The first-order valence-electron chi connectivity index (χ1n) is 7.47. The minimum Gasteiger partial charge on any atom is -0.389 e. The molecule has 0 aromatic rings. The van der Waals surface area contributed by atoms with Gasteiger partial charge in [-0.15, -0.1) is 0 Å². The first-order chi connectivity index (χ1) is 8.04. The molecule has 0 aliphatic carbocycles. The predicted molar refractivity (Wildman–Crippen MR) is 76.3 cm³/mol. The second kappa shape index (κ2) is 9.90. The molecule has 0 heterocycles. The molecule has 0 bridgehead atoms. The van der Waals surface area contributed by atoms with Crippen molar-refractivity contribution < 1.29 is 5.11 Å². The summed E-state index contributed by atoms with van der Waals surface area (Å²) in [6.45, 7) is 10.5. The maximum absolute atomic E-state index is 10.1. The van der Waals surface area contributed by atoms with Gasteiger partial charge in [0, 0.05) is 6.54 Å². The Kier molecular flexibility index (Phi) is 9.85. The topological polar surface area (TPSA) is 32.3 Å². The van der Waals surface area contributed by atoms with E-state index in [1.165, 1.54) is 32.1 Å². The summed E-state index contributed by atoms with van der Waals surface area (Å²) in [5.74, 6) is 0.845. The molecule has 2 N–H and O–H groups in total. The highest BCUT2D eigenvalue weighted by Crippen LogP contribution is 2.13. The second-order valence-electron chi connectivity index (χ2n) is 5.70. The molecule has 0 aromatic carbocycles. The number of rotatable bonds is 11. The Morgan fingerprint density at radius 3 is 2.12 bits per heavy atom. The molecule has 0 aliphatic rings. The molecular weight excluding hydrogens is 210 g/mol. The SMILES string of the molecule is CCC(O)(CC)CNCCCCCCC(C)C. The van der Waals surface area contributed by atoms with Gasteiger partial charge in [-0.05, 0) is 31.7 Å². The van der Waals surface area contributed by atoms with Gasteiger partial charge in [-0.1, -0.05) is 53.4 Å².